The van der Waals surface area contributed by atoms with Crippen LogP contribution >= 0.6 is 0 Å². The van der Waals surface area contributed by atoms with Gasteiger partial charge in [0.25, 0.3) is 5.91 Å². The minimum Gasteiger partial charge on any atom is -0.390 e. The number of carbonyl (C=O) groups excluding carboxylic acids is 1. The van der Waals surface area contributed by atoms with Crippen LogP contribution in [0, 0.1) is 11.6 Å². The van der Waals surface area contributed by atoms with Gasteiger partial charge in [-0.05, 0) is 29.8 Å². The van der Waals surface area contributed by atoms with Crippen molar-refractivity contribution in [1.29, 1.82) is 0 Å². The summed E-state index contributed by atoms with van der Waals surface area (Å²) in [6, 6.07) is 11.8. The first-order chi connectivity index (χ1) is 11.5. The number of nitrogens with zero attached hydrogens (tertiary/aromatic N) is 2. The summed E-state index contributed by atoms with van der Waals surface area (Å²) < 4.78 is 26.7. The van der Waals surface area contributed by atoms with Crippen LogP contribution in [-0.4, -0.2) is 36.2 Å². The van der Waals surface area contributed by atoms with Gasteiger partial charge in [0.15, 0.2) is 6.10 Å². The van der Waals surface area contributed by atoms with E-state index in [0.29, 0.717) is 12.1 Å². The molecule has 124 valence electrons. The molecule has 0 saturated carbocycles. The van der Waals surface area contributed by atoms with Gasteiger partial charge in [-0.1, -0.05) is 29.4 Å². The highest BCUT2D eigenvalue weighted by Crippen LogP contribution is 2.19. The van der Waals surface area contributed by atoms with Crippen LogP contribution < -0.4 is 0 Å². The Kier molecular flexibility index (Phi) is 4.55. The van der Waals surface area contributed by atoms with Crippen LogP contribution in [0.1, 0.15) is 22.3 Å². The second-order valence-corrected chi connectivity index (χ2v) is 5.64. The SMILES string of the molecule is CN(C[C@H]1CC(c2ccc(F)cc2)=NO1)C(=O)c1ccccc1F. The highest BCUT2D eigenvalue weighted by molar-refractivity contribution is 6.01. The van der Waals surface area contributed by atoms with Crippen molar-refractivity contribution in [2.75, 3.05) is 13.6 Å². The predicted molar refractivity (Wildman–Crippen MR) is 85.8 cm³/mol. The minimum absolute atomic E-state index is 0.0256. The number of likely N-dealkylation sites (N-methyl/N-ethyl adjacent to an activating group) is 1. The predicted octanol–water partition coefficient (Wildman–Crippen LogP) is 3.23. The molecule has 6 heteroatoms. The molecule has 0 fully saturated rings. The number of benzene rings is 2. The fraction of sp³-hybridized carbons (Fsp3) is 0.222. The molecule has 1 heterocycles. The number of halogens is 2. The third-order valence-electron chi connectivity index (χ3n) is 3.84. The monoisotopic (exact) mass is 330 g/mol. The van der Waals surface area contributed by atoms with E-state index < -0.39 is 11.7 Å². The Labute approximate surface area is 138 Å². The maximum atomic E-state index is 13.7. The molecule has 1 aliphatic heterocycles. The van der Waals surface area contributed by atoms with E-state index in [0.717, 1.165) is 5.56 Å². The molecule has 3 rings (SSSR count). The van der Waals surface area contributed by atoms with Crippen molar-refractivity contribution in [1.82, 2.24) is 4.90 Å². The molecule has 24 heavy (non-hydrogen) atoms. The average Bonchev–Trinajstić information content (AvgIpc) is 3.04. The van der Waals surface area contributed by atoms with Gasteiger partial charge in [0.1, 0.15) is 11.6 Å². The summed E-state index contributed by atoms with van der Waals surface area (Å²) in [5.41, 5.74) is 1.51. The zero-order valence-electron chi connectivity index (χ0n) is 13.1. The Bertz CT molecular complexity index is 775. The molecule has 4 nitrogen and oxygen atoms in total. The molecule has 1 aliphatic rings. The van der Waals surface area contributed by atoms with Crippen LogP contribution in [0.25, 0.3) is 0 Å². The second-order valence-electron chi connectivity index (χ2n) is 5.64. The first-order valence-electron chi connectivity index (χ1n) is 7.53. The first-order valence-corrected chi connectivity index (χ1v) is 7.53. The van der Waals surface area contributed by atoms with Gasteiger partial charge in [-0.25, -0.2) is 8.78 Å². The van der Waals surface area contributed by atoms with Gasteiger partial charge in [0.2, 0.25) is 0 Å². The molecule has 1 atom stereocenters. The van der Waals surface area contributed by atoms with Crippen molar-refractivity contribution >= 4 is 11.6 Å². The van der Waals surface area contributed by atoms with Gasteiger partial charge in [0, 0.05) is 13.5 Å². The lowest BCUT2D eigenvalue weighted by molar-refractivity contribution is 0.0479. The Balaban J connectivity index is 1.61. The third kappa shape index (κ3) is 3.42. The quantitative estimate of drug-likeness (QED) is 0.864. The van der Waals surface area contributed by atoms with Crippen LogP contribution in [0.15, 0.2) is 53.7 Å². The summed E-state index contributed by atoms with van der Waals surface area (Å²) in [6.07, 6.45) is 0.186. The second kappa shape index (κ2) is 6.78. The van der Waals surface area contributed by atoms with Gasteiger partial charge >= 0.3 is 0 Å². The van der Waals surface area contributed by atoms with Crippen molar-refractivity contribution in [3.63, 3.8) is 0 Å². The standard InChI is InChI=1S/C18H16F2N2O2/c1-22(18(23)15-4-2-3-5-16(15)20)11-14-10-17(21-24-14)12-6-8-13(19)9-7-12/h2-9,14H,10-11H2,1H3/t14-/m1/s1. The number of hydrogen-bond acceptors (Lipinski definition) is 3. The summed E-state index contributed by atoms with van der Waals surface area (Å²) in [5.74, 6) is -1.28. The summed E-state index contributed by atoms with van der Waals surface area (Å²) in [5, 5.41) is 4.00. The molecule has 0 unspecified atom stereocenters. The summed E-state index contributed by atoms with van der Waals surface area (Å²) >= 11 is 0. The van der Waals surface area contributed by atoms with Crippen molar-refractivity contribution in [2.45, 2.75) is 12.5 Å². The van der Waals surface area contributed by atoms with E-state index in [1.54, 1.807) is 25.2 Å². The number of hydrogen-bond donors (Lipinski definition) is 0. The van der Waals surface area contributed by atoms with Gasteiger partial charge in [-0.15, -0.1) is 0 Å². The van der Waals surface area contributed by atoms with Gasteiger partial charge in [-0.3, -0.25) is 4.79 Å². The molecule has 0 spiro atoms. The van der Waals surface area contributed by atoms with E-state index in [4.69, 9.17) is 4.84 Å². The lowest BCUT2D eigenvalue weighted by Gasteiger charge is -2.20. The molecule has 0 bridgehead atoms. The van der Waals surface area contributed by atoms with Crippen LogP contribution in [0.2, 0.25) is 0 Å². The Morgan fingerprint density at radius 2 is 1.92 bits per heavy atom. The molecule has 0 radical (unpaired) electrons. The Hall–Kier alpha value is -2.76. The maximum Gasteiger partial charge on any atom is 0.256 e. The fourth-order valence-corrected chi connectivity index (χ4v) is 2.57. The summed E-state index contributed by atoms with van der Waals surface area (Å²) in [4.78, 5) is 19.0. The van der Waals surface area contributed by atoms with Gasteiger partial charge in [-0.2, -0.15) is 0 Å². The van der Waals surface area contributed by atoms with Crippen molar-refractivity contribution < 1.29 is 18.4 Å². The van der Waals surface area contributed by atoms with E-state index in [9.17, 15) is 13.6 Å². The molecule has 2 aromatic rings. The molecule has 0 aliphatic carbocycles. The highest BCUT2D eigenvalue weighted by atomic mass is 19.1. The number of amides is 1. The van der Waals surface area contributed by atoms with Gasteiger partial charge in [0.05, 0.1) is 17.8 Å². The largest absolute Gasteiger partial charge is 0.390 e. The summed E-state index contributed by atoms with van der Waals surface area (Å²) in [7, 11) is 1.59. The van der Waals surface area contributed by atoms with Crippen LogP contribution in [0.4, 0.5) is 8.78 Å². The lowest BCUT2D eigenvalue weighted by Crippen LogP contribution is -2.35. The normalized spacial score (nSPS) is 16.5. The number of oxime groups is 1. The average molecular weight is 330 g/mol. The van der Waals surface area contributed by atoms with Crippen LogP contribution in [0.3, 0.4) is 0 Å². The number of carbonyl (C=O) groups is 1. The van der Waals surface area contributed by atoms with E-state index in [1.807, 2.05) is 0 Å². The number of rotatable bonds is 4. The molecular formula is C18H16F2N2O2. The molecular weight excluding hydrogens is 314 g/mol. The molecule has 0 aromatic heterocycles. The van der Waals surface area contributed by atoms with Crippen molar-refractivity contribution in [2.24, 2.45) is 5.16 Å². The molecule has 1 amide bonds. The zero-order valence-corrected chi connectivity index (χ0v) is 13.1. The van der Waals surface area contributed by atoms with Crippen LogP contribution in [-0.2, 0) is 4.84 Å². The van der Waals surface area contributed by atoms with Gasteiger partial charge < -0.3 is 9.74 Å². The maximum absolute atomic E-state index is 13.7. The Morgan fingerprint density at radius 3 is 2.62 bits per heavy atom. The fourth-order valence-electron chi connectivity index (χ4n) is 2.57. The minimum atomic E-state index is -0.551. The van der Waals surface area contributed by atoms with Crippen LogP contribution in [0.5, 0.6) is 0 Å². The van der Waals surface area contributed by atoms with E-state index in [-0.39, 0.29) is 24.0 Å². The van der Waals surface area contributed by atoms with E-state index in [1.165, 1.54) is 35.2 Å². The topological polar surface area (TPSA) is 41.9 Å². The highest BCUT2D eigenvalue weighted by Gasteiger charge is 2.26. The molecule has 2 aromatic carbocycles. The summed E-state index contributed by atoms with van der Waals surface area (Å²) in [6.45, 7) is 0.279. The smallest absolute Gasteiger partial charge is 0.256 e. The zero-order chi connectivity index (χ0) is 17.1. The van der Waals surface area contributed by atoms with Crippen molar-refractivity contribution in [3.8, 4) is 0 Å². The van der Waals surface area contributed by atoms with E-state index in [2.05, 4.69) is 5.16 Å². The third-order valence-corrected chi connectivity index (χ3v) is 3.84. The van der Waals surface area contributed by atoms with Crippen molar-refractivity contribution in [3.05, 3.63) is 71.3 Å². The van der Waals surface area contributed by atoms with E-state index >= 15 is 0 Å². The Morgan fingerprint density at radius 1 is 1.21 bits per heavy atom. The molecule has 0 N–H and O–H groups in total. The first kappa shape index (κ1) is 16.1. The lowest BCUT2D eigenvalue weighted by atomic mass is 10.0. The molecule has 0 saturated heterocycles.